The number of ether oxygens (including phenoxy) is 1. The number of hydrogen-bond acceptors (Lipinski definition) is 6. The molecule has 0 aromatic carbocycles. The summed E-state index contributed by atoms with van der Waals surface area (Å²) in [5, 5.41) is 6.06. The van der Waals surface area contributed by atoms with Crippen molar-refractivity contribution in [1.29, 1.82) is 0 Å². The van der Waals surface area contributed by atoms with Gasteiger partial charge in [-0.2, -0.15) is 0 Å². The van der Waals surface area contributed by atoms with Crippen molar-refractivity contribution < 1.29 is 19.2 Å². The standard InChI is InChI=1S/C11H17N5O4/c1-3-19-8(18)5-16-6-13-9(11(16)14-7-17)10(12)15-20-4-2/h6-7H,3-5H2,1-2H3,(H2,12,15)(H,14,17). The number of nitrogens with one attached hydrogen (secondary N) is 1. The topological polar surface area (TPSA) is 121 Å². The Hall–Kier alpha value is -2.58. The summed E-state index contributed by atoms with van der Waals surface area (Å²) in [5.41, 5.74) is 5.91. The van der Waals surface area contributed by atoms with E-state index in [4.69, 9.17) is 15.3 Å². The number of imidazole rings is 1. The highest BCUT2D eigenvalue weighted by Gasteiger charge is 2.16. The Balaban J connectivity index is 2.99. The molecule has 0 aliphatic rings. The van der Waals surface area contributed by atoms with E-state index in [0.29, 0.717) is 13.0 Å². The van der Waals surface area contributed by atoms with Gasteiger partial charge < -0.3 is 25.2 Å². The number of nitrogens with two attached hydrogens (primary N) is 1. The van der Waals surface area contributed by atoms with Crippen LogP contribution in [0.1, 0.15) is 19.5 Å². The number of nitrogens with zero attached hydrogens (tertiary/aromatic N) is 3. The fourth-order valence-electron chi connectivity index (χ4n) is 1.42. The average Bonchev–Trinajstić information content (AvgIpc) is 2.80. The molecule has 3 N–H and O–H groups in total. The predicted molar refractivity (Wildman–Crippen MR) is 70.9 cm³/mol. The van der Waals surface area contributed by atoms with E-state index in [0.717, 1.165) is 0 Å². The number of oxime groups is 1. The van der Waals surface area contributed by atoms with E-state index in [9.17, 15) is 9.59 Å². The number of amides is 1. The molecule has 1 amide bonds. The summed E-state index contributed by atoms with van der Waals surface area (Å²) in [7, 11) is 0. The molecule has 1 rings (SSSR count). The molecule has 0 fully saturated rings. The lowest BCUT2D eigenvalue weighted by Gasteiger charge is -2.07. The van der Waals surface area contributed by atoms with Crippen molar-refractivity contribution in [3.63, 3.8) is 0 Å². The molecule has 0 aliphatic heterocycles. The van der Waals surface area contributed by atoms with Crippen molar-refractivity contribution in [1.82, 2.24) is 9.55 Å². The third kappa shape index (κ3) is 3.97. The van der Waals surface area contributed by atoms with Gasteiger partial charge in [-0.05, 0) is 13.8 Å². The number of hydrogen-bond donors (Lipinski definition) is 2. The summed E-state index contributed by atoms with van der Waals surface area (Å²) >= 11 is 0. The molecule has 0 bridgehead atoms. The second kappa shape index (κ2) is 7.77. The second-order valence-electron chi connectivity index (χ2n) is 3.53. The minimum absolute atomic E-state index is 0.00110. The van der Waals surface area contributed by atoms with Crippen molar-refractivity contribution in [2.45, 2.75) is 20.4 Å². The van der Waals surface area contributed by atoms with Gasteiger partial charge in [0.15, 0.2) is 11.5 Å². The molecule has 110 valence electrons. The van der Waals surface area contributed by atoms with Crippen LogP contribution >= 0.6 is 0 Å². The van der Waals surface area contributed by atoms with Crippen molar-refractivity contribution in [2.24, 2.45) is 10.9 Å². The molecule has 1 aromatic heterocycles. The second-order valence-corrected chi connectivity index (χ2v) is 3.53. The van der Waals surface area contributed by atoms with Gasteiger partial charge in [0.1, 0.15) is 19.0 Å². The van der Waals surface area contributed by atoms with Gasteiger partial charge in [-0.3, -0.25) is 9.59 Å². The molecule has 9 nitrogen and oxygen atoms in total. The van der Waals surface area contributed by atoms with Crippen LogP contribution in [0.4, 0.5) is 5.82 Å². The van der Waals surface area contributed by atoms with Crippen molar-refractivity contribution in [2.75, 3.05) is 18.5 Å². The Morgan fingerprint density at radius 1 is 1.55 bits per heavy atom. The summed E-state index contributed by atoms with van der Waals surface area (Å²) in [6, 6.07) is 0. The molecule has 1 heterocycles. The highest BCUT2D eigenvalue weighted by Crippen LogP contribution is 2.14. The molecule has 0 saturated heterocycles. The number of rotatable bonds is 8. The van der Waals surface area contributed by atoms with Gasteiger partial charge >= 0.3 is 5.97 Å². The molecule has 0 radical (unpaired) electrons. The third-order valence-corrected chi connectivity index (χ3v) is 2.17. The Morgan fingerprint density at radius 3 is 2.90 bits per heavy atom. The molecular formula is C11H17N5O4. The van der Waals surface area contributed by atoms with E-state index in [1.807, 2.05) is 0 Å². The molecule has 0 unspecified atom stereocenters. The van der Waals surface area contributed by atoms with Crippen molar-refractivity contribution in [3.05, 3.63) is 12.0 Å². The minimum atomic E-state index is -0.453. The van der Waals surface area contributed by atoms with E-state index in [1.165, 1.54) is 10.9 Å². The molecule has 0 saturated carbocycles. The van der Waals surface area contributed by atoms with Crippen LogP contribution in [0.15, 0.2) is 11.5 Å². The maximum Gasteiger partial charge on any atom is 0.326 e. The Kier molecular flexibility index (Phi) is 6.01. The van der Waals surface area contributed by atoms with Crippen LogP contribution in [0, 0.1) is 0 Å². The van der Waals surface area contributed by atoms with Gasteiger partial charge in [-0.25, -0.2) is 4.98 Å². The lowest BCUT2D eigenvalue weighted by Crippen LogP contribution is -2.19. The summed E-state index contributed by atoms with van der Waals surface area (Å²) in [4.78, 5) is 30.9. The molecule has 1 aromatic rings. The van der Waals surface area contributed by atoms with Crippen LogP contribution in [0.5, 0.6) is 0 Å². The molecule has 0 spiro atoms. The summed E-state index contributed by atoms with van der Waals surface area (Å²) in [5.74, 6) is -0.210. The lowest BCUT2D eigenvalue weighted by molar-refractivity contribution is -0.143. The predicted octanol–water partition coefficient (Wildman–Crippen LogP) is -0.329. The normalized spacial score (nSPS) is 11.0. The average molecular weight is 283 g/mol. The molecule has 9 heteroatoms. The van der Waals surface area contributed by atoms with Gasteiger partial charge in [0.2, 0.25) is 6.41 Å². The van der Waals surface area contributed by atoms with Crippen molar-refractivity contribution >= 4 is 24.0 Å². The molecule has 20 heavy (non-hydrogen) atoms. The largest absolute Gasteiger partial charge is 0.465 e. The van der Waals surface area contributed by atoms with Gasteiger partial charge in [-0.1, -0.05) is 5.16 Å². The van der Waals surface area contributed by atoms with Gasteiger partial charge in [-0.15, -0.1) is 0 Å². The first kappa shape index (κ1) is 15.5. The van der Waals surface area contributed by atoms with Gasteiger partial charge in [0.25, 0.3) is 0 Å². The number of amidine groups is 1. The van der Waals surface area contributed by atoms with Crippen LogP contribution in [0.3, 0.4) is 0 Å². The lowest BCUT2D eigenvalue weighted by atomic mass is 10.4. The quantitative estimate of drug-likeness (QED) is 0.221. The number of carbonyl (C=O) groups excluding carboxylic acids is 2. The van der Waals surface area contributed by atoms with Gasteiger partial charge in [0.05, 0.1) is 12.9 Å². The van der Waals surface area contributed by atoms with Crippen LogP contribution in [-0.4, -0.2) is 41.0 Å². The van der Waals surface area contributed by atoms with Crippen molar-refractivity contribution in [3.8, 4) is 0 Å². The van der Waals surface area contributed by atoms with E-state index < -0.39 is 5.97 Å². The number of esters is 1. The fraction of sp³-hybridized carbons (Fsp3) is 0.455. The van der Waals surface area contributed by atoms with E-state index in [1.54, 1.807) is 13.8 Å². The number of anilines is 1. The van der Waals surface area contributed by atoms with E-state index in [-0.39, 0.29) is 30.5 Å². The summed E-state index contributed by atoms with van der Waals surface area (Å²) in [6.45, 7) is 3.97. The number of carbonyl (C=O) groups is 2. The zero-order valence-electron chi connectivity index (χ0n) is 11.3. The first-order valence-corrected chi connectivity index (χ1v) is 6.00. The van der Waals surface area contributed by atoms with E-state index in [2.05, 4.69) is 15.5 Å². The molecule has 0 aliphatic carbocycles. The minimum Gasteiger partial charge on any atom is -0.465 e. The first-order valence-electron chi connectivity index (χ1n) is 6.00. The highest BCUT2D eigenvalue weighted by molar-refractivity contribution is 6.01. The van der Waals surface area contributed by atoms with Crippen LogP contribution < -0.4 is 11.1 Å². The maximum atomic E-state index is 11.4. The zero-order valence-corrected chi connectivity index (χ0v) is 11.3. The van der Waals surface area contributed by atoms with Crippen LogP contribution in [0.25, 0.3) is 0 Å². The zero-order chi connectivity index (χ0) is 15.0. The Bertz CT molecular complexity index is 497. The first-order chi connectivity index (χ1) is 9.63. The maximum absolute atomic E-state index is 11.4. The molecule has 0 atom stereocenters. The summed E-state index contributed by atoms with van der Waals surface area (Å²) < 4.78 is 6.22. The van der Waals surface area contributed by atoms with E-state index >= 15 is 0 Å². The third-order valence-electron chi connectivity index (χ3n) is 2.17. The van der Waals surface area contributed by atoms with Crippen LogP contribution in [-0.2, 0) is 25.7 Å². The SMILES string of the molecule is CCON=C(N)c1ncn(CC(=O)OCC)c1NC=O. The number of aromatic nitrogens is 2. The Labute approximate surface area is 115 Å². The Morgan fingerprint density at radius 2 is 2.30 bits per heavy atom. The summed E-state index contributed by atoms with van der Waals surface area (Å²) in [6.07, 6.45) is 1.81. The van der Waals surface area contributed by atoms with Crippen LogP contribution in [0.2, 0.25) is 0 Å². The fourth-order valence-corrected chi connectivity index (χ4v) is 1.42. The van der Waals surface area contributed by atoms with Gasteiger partial charge in [0, 0.05) is 0 Å². The molecular weight excluding hydrogens is 266 g/mol. The highest BCUT2D eigenvalue weighted by atomic mass is 16.6. The monoisotopic (exact) mass is 283 g/mol. The smallest absolute Gasteiger partial charge is 0.326 e.